The van der Waals surface area contributed by atoms with Crippen LogP contribution in [0.4, 0.5) is 0 Å². The van der Waals surface area contributed by atoms with Crippen LogP contribution in [0.25, 0.3) is 0 Å². The summed E-state index contributed by atoms with van der Waals surface area (Å²) in [5.41, 5.74) is 0.467. The number of hydrogen-bond acceptors (Lipinski definition) is 6. The molecule has 3 N–H and O–H groups in total. The van der Waals surface area contributed by atoms with Gasteiger partial charge in [-0.15, -0.1) is 0 Å². The molecule has 3 atom stereocenters. The van der Waals surface area contributed by atoms with Crippen LogP contribution in [0.2, 0.25) is 0 Å². The lowest BCUT2D eigenvalue weighted by atomic mass is 9.97. The summed E-state index contributed by atoms with van der Waals surface area (Å²) in [6.07, 6.45) is 2.11. The number of nitrogens with one attached hydrogen (secondary N) is 3. The summed E-state index contributed by atoms with van der Waals surface area (Å²) in [5.74, 6) is 0.248. The zero-order valence-electron chi connectivity index (χ0n) is 18.2. The fourth-order valence-corrected chi connectivity index (χ4v) is 4.17. The highest BCUT2D eigenvalue weighted by molar-refractivity contribution is 5.83. The third-order valence-electron chi connectivity index (χ3n) is 5.82. The second-order valence-corrected chi connectivity index (χ2v) is 8.86. The number of likely N-dealkylation sites (tertiary alicyclic amines) is 1. The van der Waals surface area contributed by atoms with Crippen LogP contribution in [0.3, 0.4) is 0 Å². The van der Waals surface area contributed by atoms with Crippen molar-refractivity contribution >= 4 is 5.91 Å². The average Bonchev–Trinajstić information content (AvgIpc) is 3.16. The Morgan fingerprint density at radius 2 is 2.20 bits per heavy atom. The summed E-state index contributed by atoms with van der Waals surface area (Å²) in [6.45, 7) is 8.61. The zero-order valence-corrected chi connectivity index (χ0v) is 18.2. The molecule has 30 heavy (non-hydrogen) atoms. The molecule has 2 aliphatic heterocycles. The molecule has 2 aliphatic rings. The van der Waals surface area contributed by atoms with E-state index in [1.165, 1.54) is 5.56 Å². The second-order valence-electron chi connectivity index (χ2n) is 8.86. The minimum Gasteiger partial charge on any atom is -0.361 e. The quantitative estimate of drug-likeness (QED) is 0.565. The second kappa shape index (κ2) is 10.9. The van der Waals surface area contributed by atoms with Crippen molar-refractivity contribution in [2.45, 2.75) is 50.9 Å². The highest BCUT2D eigenvalue weighted by Crippen LogP contribution is 2.22. The highest BCUT2D eigenvalue weighted by atomic mass is 16.5. The molecule has 2 saturated heterocycles. The SMILES string of the molecule is CC(C)CC(NC1CNCCO1)C(=O)NC1(C#N)CCN(CCc2ccccc2)C1. The van der Waals surface area contributed by atoms with Crippen molar-refractivity contribution in [3.8, 4) is 6.07 Å². The van der Waals surface area contributed by atoms with Gasteiger partial charge in [-0.2, -0.15) is 5.26 Å². The summed E-state index contributed by atoms with van der Waals surface area (Å²) < 4.78 is 5.73. The van der Waals surface area contributed by atoms with Crippen LogP contribution in [0.5, 0.6) is 0 Å². The minimum absolute atomic E-state index is 0.107. The molecule has 1 aromatic rings. The molecule has 0 aliphatic carbocycles. The average molecular weight is 414 g/mol. The fraction of sp³-hybridized carbons (Fsp3) is 0.652. The van der Waals surface area contributed by atoms with Gasteiger partial charge in [-0.3, -0.25) is 15.0 Å². The van der Waals surface area contributed by atoms with E-state index in [1.54, 1.807) is 0 Å². The number of carbonyl (C=O) groups is 1. The van der Waals surface area contributed by atoms with E-state index >= 15 is 0 Å². The van der Waals surface area contributed by atoms with Crippen LogP contribution in [0.15, 0.2) is 30.3 Å². The van der Waals surface area contributed by atoms with E-state index in [-0.39, 0.29) is 18.2 Å². The number of nitriles is 1. The van der Waals surface area contributed by atoms with E-state index in [2.05, 4.69) is 52.9 Å². The largest absolute Gasteiger partial charge is 0.361 e. The monoisotopic (exact) mass is 413 g/mol. The third kappa shape index (κ3) is 6.51. The van der Waals surface area contributed by atoms with Crippen molar-refractivity contribution < 1.29 is 9.53 Å². The van der Waals surface area contributed by atoms with E-state index in [0.717, 1.165) is 26.1 Å². The van der Waals surface area contributed by atoms with Gasteiger partial charge in [0, 0.05) is 32.7 Å². The first kappa shape index (κ1) is 22.7. The number of benzene rings is 1. The Hall–Kier alpha value is -1.98. The molecule has 0 spiro atoms. The van der Waals surface area contributed by atoms with Crippen molar-refractivity contribution in [2.24, 2.45) is 5.92 Å². The van der Waals surface area contributed by atoms with Gasteiger partial charge in [0.2, 0.25) is 5.91 Å². The van der Waals surface area contributed by atoms with Crippen LogP contribution in [-0.4, -0.2) is 67.9 Å². The Balaban J connectivity index is 1.56. The van der Waals surface area contributed by atoms with Gasteiger partial charge in [-0.05, 0) is 30.7 Å². The van der Waals surface area contributed by atoms with Gasteiger partial charge < -0.3 is 15.4 Å². The number of ether oxygens (including phenoxy) is 1. The van der Waals surface area contributed by atoms with Crippen LogP contribution >= 0.6 is 0 Å². The van der Waals surface area contributed by atoms with Crippen LogP contribution in [0.1, 0.15) is 32.3 Å². The lowest BCUT2D eigenvalue weighted by Gasteiger charge is -2.31. The van der Waals surface area contributed by atoms with E-state index in [0.29, 0.717) is 38.5 Å². The summed E-state index contributed by atoms with van der Waals surface area (Å²) in [6, 6.07) is 12.4. The van der Waals surface area contributed by atoms with Gasteiger partial charge >= 0.3 is 0 Å². The Kier molecular flexibility index (Phi) is 8.23. The van der Waals surface area contributed by atoms with Gasteiger partial charge in [0.1, 0.15) is 11.8 Å². The maximum absolute atomic E-state index is 13.1. The lowest BCUT2D eigenvalue weighted by molar-refractivity contribution is -0.126. The van der Waals surface area contributed by atoms with Gasteiger partial charge in [0.25, 0.3) is 0 Å². The van der Waals surface area contributed by atoms with Crippen LogP contribution < -0.4 is 16.0 Å². The van der Waals surface area contributed by atoms with Gasteiger partial charge in [0.15, 0.2) is 0 Å². The van der Waals surface area contributed by atoms with Gasteiger partial charge in [0.05, 0.1) is 18.7 Å². The number of morpholine rings is 1. The molecule has 1 aromatic carbocycles. The Morgan fingerprint density at radius 3 is 2.87 bits per heavy atom. The normalized spacial score (nSPS) is 25.7. The summed E-state index contributed by atoms with van der Waals surface area (Å²) >= 11 is 0. The predicted molar refractivity (Wildman–Crippen MR) is 117 cm³/mol. The number of hydrogen-bond donors (Lipinski definition) is 3. The molecule has 164 valence electrons. The van der Waals surface area contributed by atoms with Gasteiger partial charge in [-0.25, -0.2) is 0 Å². The zero-order chi connectivity index (χ0) is 21.4. The maximum Gasteiger partial charge on any atom is 0.238 e. The maximum atomic E-state index is 13.1. The summed E-state index contributed by atoms with van der Waals surface area (Å²) in [5, 5.41) is 19.6. The van der Waals surface area contributed by atoms with Crippen molar-refractivity contribution in [3.63, 3.8) is 0 Å². The molecule has 2 heterocycles. The molecule has 1 amide bonds. The number of carbonyl (C=O) groups excluding carboxylic acids is 1. The van der Waals surface area contributed by atoms with Crippen molar-refractivity contribution in [1.29, 1.82) is 5.26 Å². The first-order valence-electron chi connectivity index (χ1n) is 11.1. The van der Waals surface area contributed by atoms with Crippen molar-refractivity contribution in [3.05, 3.63) is 35.9 Å². The molecule has 7 heteroatoms. The molecule has 2 fully saturated rings. The van der Waals surface area contributed by atoms with E-state index in [4.69, 9.17) is 4.74 Å². The smallest absolute Gasteiger partial charge is 0.238 e. The molecule has 0 aromatic heterocycles. The number of rotatable bonds is 9. The standard InChI is InChI=1S/C23H35N5O2/c1-18(2)14-20(26-21-15-25-10-13-30-21)22(29)27-23(16-24)9-12-28(17-23)11-8-19-6-4-3-5-7-19/h3-7,18,20-21,25-26H,8-15,17H2,1-2H3,(H,27,29). The van der Waals surface area contributed by atoms with Crippen molar-refractivity contribution in [2.75, 3.05) is 39.3 Å². The molecular weight excluding hydrogens is 378 g/mol. The third-order valence-corrected chi connectivity index (χ3v) is 5.82. The summed E-state index contributed by atoms with van der Waals surface area (Å²) in [4.78, 5) is 15.4. The highest BCUT2D eigenvalue weighted by Gasteiger charge is 2.41. The Bertz CT molecular complexity index is 714. The van der Waals surface area contributed by atoms with Crippen LogP contribution in [-0.2, 0) is 16.0 Å². The Morgan fingerprint density at radius 1 is 1.40 bits per heavy atom. The lowest BCUT2D eigenvalue weighted by Crippen LogP contribution is -2.59. The molecule has 0 saturated carbocycles. The predicted octanol–water partition coefficient (Wildman–Crippen LogP) is 1.26. The number of amides is 1. The minimum atomic E-state index is -0.823. The van der Waals surface area contributed by atoms with E-state index in [1.807, 2.05) is 18.2 Å². The molecule has 3 rings (SSSR count). The topological polar surface area (TPSA) is 89.4 Å². The van der Waals surface area contributed by atoms with Crippen molar-refractivity contribution in [1.82, 2.24) is 20.9 Å². The molecule has 0 radical (unpaired) electrons. The van der Waals surface area contributed by atoms with E-state index < -0.39 is 5.54 Å². The summed E-state index contributed by atoms with van der Waals surface area (Å²) in [7, 11) is 0. The molecule has 7 nitrogen and oxygen atoms in total. The van der Waals surface area contributed by atoms with E-state index in [9.17, 15) is 10.1 Å². The molecule has 0 bridgehead atoms. The first-order chi connectivity index (χ1) is 14.5. The first-order valence-corrected chi connectivity index (χ1v) is 11.1. The fourth-order valence-electron chi connectivity index (χ4n) is 4.17. The Labute approximate surface area is 180 Å². The molecule has 3 unspecified atom stereocenters. The number of nitrogens with zero attached hydrogens (tertiary/aromatic N) is 2. The van der Waals surface area contributed by atoms with Gasteiger partial charge in [-0.1, -0.05) is 44.2 Å². The molecular formula is C23H35N5O2. The van der Waals surface area contributed by atoms with Crippen LogP contribution in [0, 0.1) is 17.2 Å².